The average molecular weight is 247 g/mol. The summed E-state index contributed by atoms with van der Waals surface area (Å²) in [6, 6.07) is 2.62. The Bertz CT molecular complexity index is 465. The second kappa shape index (κ2) is 4.85. The van der Waals surface area contributed by atoms with E-state index in [1.165, 1.54) is 0 Å². The maximum Gasteiger partial charge on any atom is 0.510 e. The number of hydrogen-bond acceptors (Lipinski definition) is 2. The fraction of sp³-hybridized carbons (Fsp3) is 0. The molecule has 0 bridgehead atoms. The summed E-state index contributed by atoms with van der Waals surface area (Å²) in [6.45, 7) is -5.33. The van der Waals surface area contributed by atoms with Crippen LogP contribution in [0.3, 0.4) is 0 Å². The predicted octanol–water partition coefficient (Wildman–Crippen LogP) is 0.487. The normalized spacial score (nSPS) is 11.8. The molecule has 0 amide bonds. The lowest BCUT2D eigenvalue weighted by molar-refractivity contribution is 0.500. The average Bonchev–Trinajstić information content (AvgIpc) is 2.18. The van der Waals surface area contributed by atoms with Gasteiger partial charge in [0.1, 0.15) is 5.82 Å². The number of halogens is 4. The van der Waals surface area contributed by atoms with Crippen LogP contribution in [-0.2, 0) is 0 Å². The summed E-state index contributed by atoms with van der Waals surface area (Å²) in [4.78, 5) is 0. The highest BCUT2D eigenvalue weighted by atomic mass is 19.4. The molecule has 0 aliphatic heterocycles. The van der Waals surface area contributed by atoms with Crippen molar-refractivity contribution in [2.24, 2.45) is 21.7 Å². The van der Waals surface area contributed by atoms with Crippen molar-refractivity contribution < 1.29 is 17.3 Å². The van der Waals surface area contributed by atoms with Gasteiger partial charge in [0, 0.05) is 5.56 Å². The Labute approximate surface area is 94.1 Å². The van der Waals surface area contributed by atoms with Gasteiger partial charge in [0.2, 0.25) is 5.96 Å². The van der Waals surface area contributed by atoms with Crippen molar-refractivity contribution in [1.82, 2.24) is 0 Å². The second-order valence-electron chi connectivity index (χ2n) is 3.09. The van der Waals surface area contributed by atoms with Crippen LogP contribution in [-0.4, -0.2) is 19.2 Å². The van der Waals surface area contributed by atoms with Gasteiger partial charge in [-0.15, -0.1) is 5.10 Å². The van der Waals surface area contributed by atoms with Crippen LogP contribution < -0.4 is 16.9 Å². The molecular weight excluding hydrogens is 239 g/mol. The first kappa shape index (κ1) is 13.0. The predicted molar refractivity (Wildman–Crippen MR) is 58.5 cm³/mol. The zero-order chi connectivity index (χ0) is 13.1. The molecule has 0 radical (unpaired) electrons. The molecule has 0 saturated carbocycles. The van der Waals surface area contributed by atoms with Crippen molar-refractivity contribution in [3.63, 3.8) is 0 Å². The van der Waals surface area contributed by atoms with Gasteiger partial charge in [0.05, 0.1) is 6.21 Å². The van der Waals surface area contributed by atoms with Crippen LogP contribution in [0, 0.1) is 5.82 Å². The molecule has 0 spiro atoms. The van der Waals surface area contributed by atoms with E-state index in [9.17, 15) is 17.3 Å². The molecule has 0 unspecified atom stereocenters. The highest BCUT2D eigenvalue weighted by Crippen LogP contribution is 2.13. The summed E-state index contributed by atoms with van der Waals surface area (Å²) in [5.74, 6) is -1.48. The molecule has 1 rings (SSSR count). The Hall–Kier alpha value is -2.06. The summed E-state index contributed by atoms with van der Waals surface area (Å²) < 4.78 is 50.9. The number of guanidine groups is 1. The fourth-order valence-corrected chi connectivity index (χ4v) is 1.13. The molecule has 0 aliphatic rings. The Morgan fingerprint density at radius 1 is 1.24 bits per heavy atom. The van der Waals surface area contributed by atoms with E-state index in [1.807, 2.05) is 0 Å². The Morgan fingerprint density at radius 3 is 2.41 bits per heavy atom. The van der Waals surface area contributed by atoms with E-state index >= 15 is 0 Å². The van der Waals surface area contributed by atoms with E-state index < -0.39 is 29.8 Å². The van der Waals surface area contributed by atoms with E-state index in [4.69, 9.17) is 11.5 Å². The van der Waals surface area contributed by atoms with Crippen molar-refractivity contribution in [2.45, 2.75) is 0 Å². The van der Waals surface area contributed by atoms with E-state index in [0.29, 0.717) is 6.21 Å². The quantitative estimate of drug-likeness (QED) is 0.268. The lowest BCUT2D eigenvalue weighted by atomic mass is 9.77. The lowest BCUT2D eigenvalue weighted by Gasteiger charge is -2.17. The first-order chi connectivity index (χ1) is 7.82. The van der Waals surface area contributed by atoms with E-state index in [1.54, 1.807) is 0 Å². The van der Waals surface area contributed by atoms with Crippen molar-refractivity contribution in [2.75, 3.05) is 0 Å². The van der Waals surface area contributed by atoms with Crippen LogP contribution in [0.2, 0.25) is 0 Å². The topological polar surface area (TPSA) is 76.8 Å². The van der Waals surface area contributed by atoms with Gasteiger partial charge in [-0.3, -0.25) is 0 Å². The van der Waals surface area contributed by atoms with Crippen LogP contribution in [0.25, 0.3) is 0 Å². The van der Waals surface area contributed by atoms with Crippen molar-refractivity contribution >= 4 is 24.6 Å². The van der Waals surface area contributed by atoms with E-state index in [0.717, 1.165) is 18.2 Å². The lowest BCUT2D eigenvalue weighted by Crippen LogP contribution is -2.37. The van der Waals surface area contributed by atoms with Crippen LogP contribution in [0.1, 0.15) is 5.56 Å². The molecule has 0 fully saturated rings. The second-order valence-corrected chi connectivity index (χ2v) is 3.09. The van der Waals surface area contributed by atoms with Crippen LogP contribution in [0.15, 0.2) is 28.4 Å². The van der Waals surface area contributed by atoms with Crippen molar-refractivity contribution in [3.8, 4) is 0 Å². The van der Waals surface area contributed by atoms with Crippen molar-refractivity contribution in [1.29, 1.82) is 0 Å². The highest BCUT2D eigenvalue weighted by Gasteiger charge is 2.28. The van der Waals surface area contributed by atoms with Gasteiger partial charge < -0.3 is 24.4 Å². The zero-order valence-corrected chi connectivity index (χ0v) is 8.45. The Balaban J connectivity index is 3.22. The summed E-state index contributed by atoms with van der Waals surface area (Å²) >= 11 is 0. The Morgan fingerprint density at radius 2 is 1.88 bits per heavy atom. The van der Waals surface area contributed by atoms with Crippen LogP contribution in [0.4, 0.5) is 17.3 Å². The molecule has 92 valence electrons. The standard InChI is InChI=1S/C8H8BF4N4/c10-7-3-1-2-6(9(11,12)13)5(7)4-16-17-8(14)15/h1-4H,(H4,14,15,17)/q-1. The van der Waals surface area contributed by atoms with Gasteiger partial charge in [-0.1, -0.05) is 17.6 Å². The fourth-order valence-electron chi connectivity index (χ4n) is 1.13. The first-order valence-corrected chi connectivity index (χ1v) is 4.42. The monoisotopic (exact) mass is 247 g/mol. The number of benzene rings is 1. The van der Waals surface area contributed by atoms with E-state index in [2.05, 4.69) is 10.2 Å². The van der Waals surface area contributed by atoms with Crippen molar-refractivity contribution in [3.05, 3.63) is 29.6 Å². The smallest absolute Gasteiger partial charge is 0.445 e. The van der Waals surface area contributed by atoms with Gasteiger partial charge in [-0.2, -0.15) is 5.10 Å². The first-order valence-electron chi connectivity index (χ1n) is 4.42. The zero-order valence-electron chi connectivity index (χ0n) is 8.45. The van der Waals surface area contributed by atoms with Gasteiger partial charge in [0.25, 0.3) is 0 Å². The molecular formula is C8H8BF4N4-. The number of hydrogen-bond donors (Lipinski definition) is 2. The third-order valence-corrected chi connectivity index (χ3v) is 1.80. The maximum atomic E-state index is 13.2. The molecule has 0 atom stereocenters. The minimum Gasteiger partial charge on any atom is -0.445 e. The number of nitrogens with two attached hydrogens (primary N) is 2. The molecule has 17 heavy (non-hydrogen) atoms. The number of nitrogens with zero attached hydrogens (tertiary/aromatic N) is 2. The van der Waals surface area contributed by atoms with Gasteiger partial charge in [-0.25, -0.2) is 4.39 Å². The maximum absolute atomic E-state index is 13.2. The molecule has 1 aromatic carbocycles. The molecule has 1 aromatic rings. The third-order valence-electron chi connectivity index (χ3n) is 1.80. The van der Waals surface area contributed by atoms with Gasteiger partial charge in [0.15, 0.2) is 0 Å². The highest BCUT2D eigenvalue weighted by molar-refractivity contribution is 6.74. The minimum absolute atomic E-state index is 0.434. The molecule has 0 aromatic heterocycles. The van der Waals surface area contributed by atoms with Gasteiger partial charge in [-0.05, 0) is 6.07 Å². The molecule has 0 heterocycles. The van der Waals surface area contributed by atoms with Gasteiger partial charge >= 0.3 is 6.98 Å². The summed E-state index contributed by atoms with van der Waals surface area (Å²) in [5.41, 5.74) is 8.07. The summed E-state index contributed by atoms with van der Waals surface area (Å²) in [6.07, 6.45) is 0.625. The largest absolute Gasteiger partial charge is 0.510 e. The third kappa shape index (κ3) is 3.47. The SMILES string of the molecule is NC(N)=NN=Cc1c(F)cccc1[B-](F)(F)F. The number of rotatable bonds is 3. The molecule has 9 heteroatoms. The molecule has 0 saturated heterocycles. The minimum atomic E-state index is -5.33. The van der Waals surface area contributed by atoms with Crippen LogP contribution >= 0.6 is 0 Å². The summed E-state index contributed by atoms with van der Waals surface area (Å²) in [7, 11) is 0. The molecule has 4 N–H and O–H groups in total. The molecule has 4 nitrogen and oxygen atoms in total. The Kier molecular flexibility index (Phi) is 3.71. The van der Waals surface area contributed by atoms with E-state index in [-0.39, 0.29) is 0 Å². The molecule has 0 aliphatic carbocycles. The summed E-state index contributed by atoms with van der Waals surface area (Å²) in [5, 5.41) is 6.26. The van der Waals surface area contributed by atoms with Crippen LogP contribution in [0.5, 0.6) is 0 Å².